The highest BCUT2D eigenvalue weighted by molar-refractivity contribution is 7.93. The molecule has 0 bridgehead atoms. The van der Waals surface area contributed by atoms with E-state index in [1.165, 1.54) is 12.1 Å². The Morgan fingerprint density at radius 2 is 1.65 bits per heavy atom. The number of sulfonamides is 1. The zero-order valence-corrected chi connectivity index (χ0v) is 24.8. The van der Waals surface area contributed by atoms with Crippen LogP contribution in [0.5, 0.6) is 0 Å². The molecule has 5 rings (SSSR count). The molecule has 2 heterocycles. The molecule has 0 spiro atoms. The molecule has 1 amide bonds. The highest BCUT2D eigenvalue weighted by atomic mass is 32.2. The molecule has 0 aliphatic carbocycles. The van der Waals surface area contributed by atoms with Crippen LogP contribution in [-0.2, 0) is 26.1 Å². The number of hydrogen-bond donors (Lipinski definition) is 1. The predicted molar refractivity (Wildman–Crippen MR) is 162 cm³/mol. The molecular weight excluding hydrogens is 579 g/mol. The van der Waals surface area contributed by atoms with Gasteiger partial charge in [-0.1, -0.05) is 48.0 Å². The molecule has 3 aromatic rings. The molecule has 43 heavy (non-hydrogen) atoms. The van der Waals surface area contributed by atoms with Gasteiger partial charge in [0.05, 0.1) is 5.69 Å². The molecule has 11 heteroatoms. The zero-order valence-electron chi connectivity index (χ0n) is 24.0. The summed E-state index contributed by atoms with van der Waals surface area (Å²) in [6.45, 7) is 3.66. The number of fused-ring (bicyclic) bond motifs is 1. The third-order valence-corrected chi connectivity index (χ3v) is 9.47. The minimum Gasteiger partial charge on any atom is -0.381 e. The van der Waals surface area contributed by atoms with E-state index in [0.717, 1.165) is 49.3 Å². The second-order valence-electron chi connectivity index (χ2n) is 11.0. The molecule has 1 N–H and O–H groups in total. The topological polar surface area (TPSA) is 79.0 Å². The molecule has 0 unspecified atom stereocenters. The van der Waals surface area contributed by atoms with Crippen LogP contribution >= 0.6 is 0 Å². The van der Waals surface area contributed by atoms with Crippen LogP contribution in [0.1, 0.15) is 36.0 Å². The van der Waals surface area contributed by atoms with E-state index in [-0.39, 0.29) is 23.2 Å². The van der Waals surface area contributed by atoms with Gasteiger partial charge in [-0.25, -0.2) is 0 Å². The number of benzene rings is 3. The van der Waals surface area contributed by atoms with Crippen molar-refractivity contribution in [3.63, 3.8) is 0 Å². The fourth-order valence-corrected chi connectivity index (χ4v) is 6.43. The smallest absolute Gasteiger partial charge is 0.381 e. The maximum Gasteiger partial charge on any atom is 0.516 e. The fraction of sp³-hybridized carbons (Fsp3) is 0.344. The first-order valence-electron chi connectivity index (χ1n) is 14.1. The molecule has 3 aromatic carbocycles. The Labute approximate surface area is 250 Å². The number of carbonyl (C=O) groups excluding carboxylic acids is 1. The Morgan fingerprint density at radius 3 is 2.30 bits per heavy atom. The fourth-order valence-electron chi connectivity index (χ4n) is 5.43. The number of anilines is 2. The molecule has 0 radical (unpaired) electrons. The van der Waals surface area contributed by atoms with Crippen LogP contribution in [0, 0.1) is 6.92 Å². The van der Waals surface area contributed by atoms with E-state index in [2.05, 4.69) is 17.3 Å². The van der Waals surface area contributed by atoms with Gasteiger partial charge in [0.1, 0.15) is 0 Å². The van der Waals surface area contributed by atoms with E-state index < -0.39 is 28.0 Å². The number of rotatable bonds is 7. The van der Waals surface area contributed by atoms with Crippen molar-refractivity contribution in [2.45, 2.75) is 44.3 Å². The number of ether oxygens (including phenoxy) is 1. The molecule has 2 aliphatic heterocycles. The summed E-state index contributed by atoms with van der Waals surface area (Å²) >= 11 is 0. The number of aryl methyl sites for hydroxylation is 1. The Bertz CT molecular complexity index is 1600. The highest BCUT2D eigenvalue weighted by Crippen LogP contribution is 2.38. The van der Waals surface area contributed by atoms with E-state index in [1.54, 1.807) is 24.3 Å². The summed E-state index contributed by atoms with van der Waals surface area (Å²) in [5.41, 5.74) is -1.11. The minimum atomic E-state index is -5.69. The summed E-state index contributed by atoms with van der Waals surface area (Å²) in [7, 11) is -3.62. The minimum absolute atomic E-state index is 0.131. The largest absolute Gasteiger partial charge is 0.516 e. The number of alkyl halides is 3. The lowest BCUT2D eigenvalue weighted by atomic mass is 9.99. The van der Waals surface area contributed by atoms with Gasteiger partial charge < -0.3 is 10.1 Å². The van der Waals surface area contributed by atoms with Crippen molar-refractivity contribution >= 4 is 33.4 Å². The monoisotopic (exact) mass is 613 g/mol. The van der Waals surface area contributed by atoms with Crippen LogP contribution in [-0.4, -0.2) is 57.6 Å². The first-order chi connectivity index (χ1) is 20.4. The first kappa shape index (κ1) is 30.8. The van der Waals surface area contributed by atoms with Crippen molar-refractivity contribution in [1.29, 1.82) is 0 Å². The van der Waals surface area contributed by atoms with E-state index >= 15 is 0 Å². The van der Waals surface area contributed by atoms with Crippen molar-refractivity contribution in [1.82, 2.24) is 4.90 Å². The maximum absolute atomic E-state index is 13.7. The van der Waals surface area contributed by atoms with Gasteiger partial charge in [0, 0.05) is 43.6 Å². The van der Waals surface area contributed by atoms with Crippen molar-refractivity contribution < 1.29 is 31.1 Å². The van der Waals surface area contributed by atoms with Gasteiger partial charge in [0.15, 0.2) is 0 Å². The molecule has 7 nitrogen and oxygen atoms in total. The quantitative estimate of drug-likeness (QED) is 0.336. The molecule has 1 saturated heterocycles. The SMILES string of the molecule is Cc1ccc(-c2ccc3c(c2)C=C(C(=O)Nc2ccc(CN(C)C4CCOCC4)cc2)CCN3S(=O)(=O)C(F)(F)F)cc1. The van der Waals surface area contributed by atoms with Gasteiger partial charge in [-0.05, 0) is 85.8 Å². The van der Waals surface area contributed by atoms with Gasteiger partial charge >= 0.3 is 15.5 Å². The Balaban J connectivity index is 1.39. The van der Waals surface area contributed by atoms with Crippen molar-refractivity contribution in [3.05, 3.63) is 89.0 Å². The molecule has 0 atom stereocenters. The van der Waals surface area contributed by atoms with E-state index in [9.17, 15) is 26.4 Å². The Kier molecular flexibility index (Phi) is 8.96. The van der Waals surface area contributed by atoms with E-state index in [1.807, 2.05) is 43.3 Å². The van der Waals surface area contributed by atoms with Gasteiger partial charge in [-0.2, -0.15) is 21.6 Å². The highest BCUT2D eigenvalue weighted by Gasteiger charge is 2.50. The van der Waals surface area contributed by atoms with Crippen LogP contribution in [0.2, 0.25) is 0 Å². The molecule has 0 aromatic heterocycles. The molecule has 228 valence electrons. The van der Waals surface area contributed by atoms with E-state index in [0.29, 0.717) is 21.6 Å². The average molecular weight is 614 g/mol. The number of carbonyl (C=O) groups is 1. The van der Waals surface area contributed by atoms with Gasteiger partial charge in [-0.15, -0.1) is 0 Å². The average Bonchev–Trinajstić information content (AvgIpc) is 3.18. The van der Waals surface area contributed by atoms with Crippen LogP contribution in [0.4, 0.5) is 24.5 Å². The third kappa shape index (κ3) is 6.95. The van der Waals surface area contributed by atoms with E-state index in [4.69, 9.17) is 4.74 Å². The lowest BCUT2D eigenvalue weighted by Crippen LogP contribution is -2.41. The molecule has 0 saturated carbocycles. The number of halogens is 3. The third-order valence-electron chi connectivity index (χ3n) is 7.93. The van der Waals surface area contributed by atoms with Gasteiger partial charge in [0.25, 0.3) is 5.91 Å². The Morgan fingerprint density at radius 1 is 1.00 bits per heavy atom. The van der Waals surface area contributed by atoms with Gasteiger partial charge in [-0.3, -0.25) is 14.0 Å². The number of amides is 1. The van der Waals surface area contributed by atoms with Crippen molar-refractivity contribution in [2.24, 2.45) is 0 Å². The van der Waals surface area contributed by atoms with Crippen molar-refractivity contribution in [3.8, 4) is 11.1 Å². The van der Waals surface area contributed by atoms with Crippen LogP contribution in [0.25, 0.3) is 17.2 Å². The summed E-state index contributed by atoms with van der Waals surface area (Å²) < 4.78 is 71.9. The maximum atomic E-state index is 13.7. The number of hydrogen-bond acceptors (Lipinski definition) is 5. The molecule has 1 fully saturated rings. The van der Waals surface area contributed by atoms with Crippen LogP contribution in [0.3, 0.4) is 0 Å². The second kappa shape index (κ2) is 12.5. The summed E-state index contributed by atoms with van der Waals surface area (Å²) in [4.78, 5) is 15.6. The van der Waals surface area contributed by atoms with Gasteiger partial charge in [0.2, 0.25) is 0 Å². The zero-order chi connectivity index (χ0) is 30.8. The predicted octanol–water partition coefficient (Wildman–Crippen LogP) is 6.35. The summed E-state index contributed by atoms with van der Waals surface area (Å²) in [6.07, 6.45) is 3.24. The first-order valence-corrected chi connectivity index (χ1v) is 15.6. The van der Waals surface area contributed by atoms with Crippen LogP contribution < -0.4 is 9.62 Å². The standard InChI is InChI=1S/C32H34F3N3O4S/c1-22-3-7-24(8-4-22)25-9-12-30-27(19-25)20-26(13-16-38(30)43(40,41)32(33,34)35)31(39)36-28-10-5-23(6-11-28)21-37(2)29-14-17-42-18-15-29/h3-12,19-20,29H,13-18,21H2,1-2H3,(H,36,39). The number of nitrogens with one attached hydrogen (secondary N) is 1. The summed E-state index contributed by atoms with van der Waals surface area (Å²) in [6, 6.07) is 20.0. The normalized spacial score (nSPS) is 16.4. The van der Waals surface area contributed by atoms with Crippen molar-refractivity contribution in [2.75, 3.05) is 36.4 Å². The lowest BCUT2D eigenvalue weighted by Gasteiger charge is -2.31. The molecular formula is C32H34F3N3O4S. The summed E-state index contributed by atoms with van der Waals surface area (Å²) in [5, 5.41) is 2.82. The number of nitrogens with zero attached hydrogens (tertiary/aromatic N) is 2. The lowest BCUT2D eigenvalue weighted by molar-refractivity contribution is -0.112. The van der Waals surface area contributed by atoms with Crippen LogP contribution in [0.15, 0.2) is 72.3 Å². The second-order valence-corrected chi connectivity index (χ2v) is 12.8. The molecule has 2 aliphatic rings. The Hall–Kier alpha value is -3.67. The summed E-state index contributed by atoms with van der Waals surface area (Å²) in [5.74, 6) is -0.509.